The summed E-state index contributed by atoms with van der Waals surface area (Å²) in [6.45, 7) is 6.64. The van der Waals surface area contributed by atoms with E-state index < -0.39 is 0 Å². The Bertz CT molecular complexity index is 679. The average Bonchev–Trinajstić information content (AvgIpc) is 3.28. The molecule has 3 rings (SSSR count). The third-order valence-corrected chi connectivity index (χ3v) is 4.63. The lowest BCUT2D eigenvalue weighted by atomic mass is 10.2. The zero-order valence-corrected chi connectivity index (χ0v) is 17.9. The molecule has 26 heavy (non-hydrogen) atoms. The average molecular weight is 470 g/mol. The van der Waals surface area contributed by atoms with Gasteiger partial charge in [0.25, 0.3) is 0 Å². The summed E-state index contributed by atoms with van der Waals surface area (Å²) in [4.78, 5) is 4.70. The minimum absolute atomic E-state index is 0. The Morgan fingerprint density at radius 3 is 2.96 bits per heavy atom. The maximum Gasteiger partial charge on any atom is 0.191 e. The lowest BCUT2D eigenvalue weighted by molar-refractivity contribution is 0.105. The van der Waals surface area contributed by atoms with Crippen molar-refractivity contribution in [2.45, 2.75) is 45.3 Å². The van der Waals surface area contributed by atoms with Crippen LogP contribution in [0.4, 0.5) is 0 Å². The number of aliphatic imine (C=N–C) groups is 1. The molecule has 2 aromatic rings. The van der Waals surface area contributed by atoms with Gasteiger partial charge in [0.1, 0.15) is 0 Å². The van der Waals surface area contributed by atoms with Crippen LogP contribution in [0.15, 0.2) is 41.5 Å². The zero-order chi connectivity index (χ0) is 17.3. The number of nitrogens with zero attached hydrogens (tertiary/aromatic N) is 2. The maximum absolute atomic E-state index is 5.67. The van der Waals surface area contributed by atoms with E-state index in [1.165, 1.54) is 23.7 Å². The molecular weight excluding hydrogens is 439 g/mol. The molecule has 1 aromatic carbocycles. The first-order valence-electron chi connectivity index (χ1n) is 9.54. The van der Waals surface area contributed by atoms with E-state index in [4.69, 9.17) is 9.73 Å². The largest absolute Gasteiger partial charge is 0.378 e. The Kier molecular flexibility index (Phi) is 9.25. The van der Waals surface area contributed by atoms with Crippen molar-refractivity contribution in [2.75, 3.05) is 26.2 Å². The molecule has 1 unspecified atom stereocenters. The fraction of sp³-hybridized carbons (Fsp3) is 0.550. The van der Waals surface area contributed by atoms with Crippen LogP contribution in [0.1, 0.15) is 32.6 Å². The van der Waals surface area contributed by atoms with Gasteiger partial charge in [0.05, 0.1) is 6.10 Å². The molecule has 1 saturated heterocycles. The first-order valence-corrected chi connectivity index (χ1v) is 9.54. The normalized spacial score (nSPS) is 17.3. The molecule has 1 atom stereocenters. The molecule has 2 heterocycles. The molecule has 0 saturated carbocycles. The van der Waals surface area contributed by atoms with Crippen molar-refractivity contribution < 1.29 is 4.74 Å². The molecule has 1 aliphatic heterocycles. The Morgan fingerprint density at radius 2 is 2.15 bits per heavy atom. The van der Waals surface area contributed by atoms with Crippen LogP contribution >= 0.6 is 24.0 Å². The number of nitrogens with one attached hydrogen (secondary N) is 2. The number of halogens is 1. The Hall–Kier alpha value is -1.28. The summed E-state index contributed by atoms with van der Waals surface area (Å²) >= 11 is 0. The van der Waals surface area contributed by atoms with Crippen LogP contribution < -0.4 is 10.6 Å². The predicted molar refractivity (Wildman–Crippen MR) is 120 cm³/mol. The molecule has 5 nitrogen and oxygen atoms in total. The summed E-state index contributed by atoms with van der Waals surface area (Å²) in [6, 6.07) is 10.7. The number of hydrogen-bond donors (Lipinski definition) is 2. The second-order valence-electron chi connectivity index (χ2n) is 6.53. The number of benzene rings is 1. The van der Waals surface area contributed by atoms with E-state index in [0.29, 0.717) is 6.10 Å². The number of hydrogen-bond acceptors (Lipinski definition) is 2. The van der Waals surface area contributed by atoms with Gasteiger partial charge < -0.3 is 19.9 Å². The maximum atomic E-state index is 5.67. The first-order chi connectivity index (χ1) is 12.4. The van der Waals surface area contributed by atoms with Gasteiger partial charge in [0.2, 0.25) is 0 Å². The van der Waals surface area contributed by atoms with Gasteiger partial charge in [-0.25, -0.2) is 0 Å². The van der Waals surface area contributed by atoms with E-state index in [1.807, 2.05) is 0 Å². The molecule has 6 heteroatoms. The highest BCUT2D eigenvalue weighted by molar-refractivity contribution is 14.0. The Balaban J connectivity index is 0.00000243. The molecule has 0 bridgehead atoms. The number of aryl methyl sites for hydroxylation is 1. The predicted octanol–water partition coefficient (Wildman–Crippen LogP) is 3.77. The Morgan fingerprint density at radius 1 is 1.27 bits per heavy atom. The standard InChI is InChI=1S/C20H30N4O.HI/c1-2-21-20(23-13-10-18-8-5-16-25-18)22-12-6-14-24-15-11-17-7-3-4-9-19(17)24;/h3-4,7,9,11,15,18H,2,5-6,8,10,12-14,16H2,1H3,(H2,21,22,23);1H. The molecule has 1 aliphatic rings. The quantitative estimate of drug-likeness (QED) is 0.267. The van der Waals surface area contributed by atoms with Crippen molar-refractivity contribution in [2.24, 2.45) is 4.99 Å². The number of rotatable bonds is 8. The van der Waals surface area contributed by atoms with E-state index in [9.17, 15) is 0 Å². The summed E-state index contributed by atoms with van der Waals surface area (Å²) < 4.78 is 7.97. The highest BCUT2D eigenvalue weighted by Gasteiger charge is 2.14. The van der Waals surface area contributed by atoms with Crippen molar-refractivity contribution >= 4 is 40.8 Å². The molecule has 0 spiro atoms. The summed E-state index contributed by atoms with van der Waals surface area (Å²) in [7, 11) is 0. The Labute approximate surface area is 173 Å². The van der Waals surface area contributed by atoms with Crippen LogP contribution in [0.3, 0.4) is 0 Å². The van der Waals surface area contributed by atoms with Crippen LogP contribution in [0.5, 0.6) is 0 Å². The molecule has 2 N–H and O–H groups in total. The van der Waals surface area contributed by atoms with Crippen molar-refractivity contribution in [3.63, 3.8) is 0 Å². The van der Waals surface area contributed by atoms with E-state index >= 15 is 0 Å². The molecule has 0 aliphatic carbocycles. The summed E-state index contributed by atoms with van der Waals surface area (Å²) in [5.41, 5.74) is 1.30. The van der Waals surface area contributed by atoms with E-state index in [0.717, 1.165) is 51.6 Å². The highest BCUT2D eigenvalue weighted by atomic mass is 127. The minimum Gasteiger partial charge on any atom is -0.378 e. The molecule has 1 fully saturated rings. The smallest absolute Gasteiger partial charge is 0.191 e. The topological polar surface area (TPSA) is 50.6 Å². The van der Waals surface area contributed by atoms with Crippen LogP contribution in [0.2, 0.25) is 0 Å². The van der Waals surface area contributed by atoms with Gasteiger partial charge >= 0.3 is 0 Å². The van der Waals surface area contributed by atoms with Crippen LogP contribution in [0.25, 0.3) is 10.9 Å². The minimum atomic E-state index is 0. The monoisotopic (exact) mass is 470 g/mol. The van der Waals surface area contributed by atoms with Crippen molar-refractivity contribution in [1.29, 1.82) is 0 Å². The number of para-hydroxylation sites is 1. The molecule has 0 amide bonds. The SMILES string of the molecule is CCNC(=NCCCn1ccc2ccccc21)NCCC1CCCO1.I. The number of guanidine groups is 1. The number of fused-ring (bicyclic) bond motifs is 1. The summed E-state index contributed by atoms with van der Waals surface area (Å²) in [5.74, 6) is 0.915. The lowest BCUT2D eigenvalue weighted by Crippen LogP contribution is -2.38. The van der Waals surface area contributed by atoms with Crippen LogP contribution in [-0.4, -0.2) is 42.9 Å². The van der Waals surface area contributed by atoms with E-state index in [-0.39, 0.29) is 24.0 Å². The van der Waals surface area contributed by atoms with E-state index in [2.05, 4.69) is 58.7 Å². The van der Waals surface area contributed by atoms with Gasteiger partial charge in [-0.2, -0.15) is 0 Å². The van der Waals surface area contributed by atoms with Crippen LogP contribution in [0, 0.1) is 0 Å². The van der Waals surface area contributed by atoms with Gasteiger partial charge in [-0.3, -0.25) is 4.99 Å². The molecule has 144 valence electrons. The molecular formula is C20H31IN4O. The first kappa shape index (κ1) is 21.0. The van der Waals surface area contributed by atoms with Gasteiger partial charge in [0.15, 0.2) is 5.96 Å². The van der Waals surface area contributed by atoms with Crippen molar-refractivity contribution in [1.82, 2.24) is 15.2 Å². The van der Waals surface area contributed by atoms with Crippen LogP contribution in [-0.2, 0) is 11.3 Å². The van der Waals surface area contributed by atoms with Gasteiger partial charge in [-0.05, 0) is 50.1 Å². The zero-order valence-electron chi connectivity index (χ0n) is 15.6. The third-order valence-electron chi connectivity index (χ3n) is 4.63. The van der Waals surface area contributed by atoms with Gasteiger partial charge in [-0.15, -0.1) is 24.0 Å². The second kappa shape index (κ2) is 11.4. The van der Waals surface area contributed by atoms with Gasteiger partial charge in [-0.1, -0.05) is 18.2 Å². The molecule has 0 radical (unpaired) electrons. The van der Waals surface area contributed by atoms with Crippen molar-refractivity contribution in [3.05, 3.63) is 36.5 Å². The fourth-order valence-electron chi connectivity index (χ4n) is 3.33. The second-order valence-corrected chi connectivity index (χ2v) is 6.53. The number of aromatic nitrogens is 1. The van der Waals surface area contributed by atoms with Crippen molar-refractivity contribution in [3.8, 4) is 0 Å². The number of ether oxygens (including phenoxy) is 1. The summed E-state index contributed by atoms with van der Waals surface area (Å²) in [6.07, 6.45) is 7.07. The van der Waals surface area contributed by atoms with Gasteiger partial charge in [0, 0.05) is 44.5 Å². The highest BCUT2D eigenvalue weighted by Crippen LogP contribution is 2.15. The summed E-state index contributed by atoms with van der Waals surface area (Å²) in [5, 5.41) is 8.05. The molecule has 1 aromatic heterocycles. The van der Waals surface area contributed by atoms with E-state index in [1.54, 1.807) is 0 Å². The lowest BCUT2D eigenvalue weighted by Gasteiger charge is -2.13. The third kappa shape index (κ3) is 6.16. The fourth-order valence-corrected chi connectivity index (χ4v) is 3.33.